The first-order chi connectivity index (χ1) is 16.4. The van der Waals surface area contributed by atoms with Gasteiger partial charge in [0, 0.05) is 19.0 Å². The summed E-state index contributed by atoms with van der Waals surface area (Å²) in [4.78, 5) is 14.0. The van der Waals surface area contributed by atoms with Gasteiger partial charge in [0.2, 0.25) is 0 Å². The standard InChI is InChI=1S/C27H35ClFNO4/c1-3-33-27(32)13-11-21-7-4-5-9-24(21)19(2)34-18-23(31)17-30-14-6-8-22(30)15-20-10-12-25(28)26(29)16-20/h4-5,7,9-10,12,16,19,22-23,31H,3,6,8,11,13-15,17-18H2,1-2H3/t19-,22+,23-/m1/s1. The molecule has 2 aromatic rings. The number of carbonyl (C=O) groups excluding carboxylic acids is 1. The first-order valence-electron chi connectivity index (χ1n) is 12.1. The molecule has 3 atom stereocenters. The van der Waals surface area contributed by atoms with Gasteiger partial charge in [-0.25, -0.2) is 4.39 Å². The van der Waals surface area contributed by atoms with Crippen LogP contribution < -0.4 is 0 Å². The van der Waals surface area contributed by atoms with E-state index < -0.39 is 11.9 Å². The highest BCUT2D eigenvalue weighted by Crippen LogP contribution is 2.25. The summed E-state index contributed by atoms with van der Waals surface area (Å²) < 4.78 is 24.9. The van der Waals surface area contributed by atoms with Crippen molar-refractivity contribution >= 4 is 17.6 Å². The van der Waals surface area contributed by atoms with E-state index in [-0.39, 0.29) is 29.7 Å². The predicted molar refractivity (Wildman–Crippen MR) is 131 cm³/mol. The van der Waals surface area contributed by atoms with E-state index in [0.717, 1.165) is 42.5 Å². The Morgan fingerprint density at radius 2 is 2.09 bits per heavy atom. The van der Waals surface area contributed by atoms with Gasteiger partial charge in [0.1, 0.15) is 5.82 Å². The van der Waals surface area contributed by atoms with Crippen LogP contribution in [0.15, 0.2) is 42.5 Å². The molecule has 186 valence electrons. The predicted octanol–water partition coefficient (Wildman–Crippen LogP) is 5.12. The quantitative estimate of drug-likeness (QED) is 0.417. The highest BCUT2D eigenvalue weighted by molar-refractivity contribution is 6.30. The van der Waals surface area contributed by atoms with Crippen LogP contribution in [0.1, 0.15) is 55.9 Å². The second-order valence-electron chi connectivity index (χ2n) is 8.88. The average Bonchev–Trinajstić information content (AvgIpc) is 3.25. The highest BCUT2D eigenvalue weighted by Gasteiger charge is 2.27. The van der Waals surface area contributed by atoms with Gasteiger partial charge in [-0.05, 0) is 74.9 Å². The molecule has 1 saturated heterocycles. The number of esters is 1. The lowest BCUT2D eigenvalue weighted by Crippen LogP contribution is -2.39. The minimum absolute atomic E-state index is 0.135. The Morgan fingerprint density at radius 3 is 2.85 bits per heavy atom. The molecule has 34 heavy (non-hydrogen) atoms. The summed E-state index contributed by atoms with van der Waals surface area (Å²) in [7, 11) is 0. The van der Waals surface area contributed by atoms with Crippen LogP contribution in [0, 0.1) is 5.82 Å². The smallest absolute Gasteiger partial charge is 0.306 e. The molecule has 0 amide bonds. The molecule has 0 bridgehead atoms. The number of aliphatic hydroxyl groups excluding tert-OH is 1. The SMILES string of the molecule is CCOC(=O)CCc1ccccc1[C@@H](C)OC[C@H](O)CN1CCC[C@H]1Cc1ccc(Cl)c(F)c1. The molecule has 0 unspecified atom stereocenters. The Bertz CT molecular complexity index is 941. The van der Waals surface area contributed by atoms with Crippen molar-refractivity contribution in [3.63, 3.8) is 0 Å². The van der Waals surface area contributed by atoms with E-state index in [2.05, 4.69) is 4.90 Å². The number of carbonyl (C=O) groups is 1. The molecule has 2 aromatic carbocycles. The normalized spacial score (nSPS) is 18.1. The van der Waals surface area contributed by atoms with Crippen molar-refractivity contribution in [2.45, 2.75) is 64.2 Å². The lowest BCUT2D eigenvalue weighted by atomic mass is 9.99. The van der Waals surface area contributed by atoms with Gasteiger partial charge in [-0.15, -0.1) is 0 Å². The molecule has 0 saturated carbocycles. The molecular formula is C27H35ClFNO4. The fourth-order valence-electron chi connectivity index (χ4n) is 4.60. The van der Waals surface area contributed by atoms with E-state index in [1.54, 1.807) is 13.0 Å². The number of likely N-dealkylation sites (tertiary alicyclic amines) is 1. The average molecular weight is 492 g/mol. The topological polar surface area (TPSA) is 59.0 Å². The Balaban J connectivity index is 1.50. The molecule has 0 radical (unpaired) electrons. The maximum atomic E-state index is 13.8. The van der Waals surface area contributed by atoms with E-state index in [1.165, 1.54) is 6.07 Å². The van der Waals surface area contributed by atoms with Gasteiger partial charge in [0.05, 0.1) is 30.4 Å². The van der Waals surface area contributed by atoms with E-state index >= 15 is 0 Å². The lowest BCUT2D eigenvalue weighted by molar-refractivity contribution is -0.143. The number of ether oxygens (including phenoxy) is 2. The zero-order chi connectivity index (χ0) is 24.5. The summed E-state index contributed by atoms with van der Waals surface area (Å²) in [5.41, 5.74) is 2.98. The summed E-state index contributed by atoms with van der Waals surface area (Å²) in [6.45, 7) is 5.78. The highest BCUT2D eigenvalue weighted by atomic mass is 35.5. The maximum Gasteiger partial charge on any atom is 0.306 e. The summed E-state index contributed by atoms with van der Waals surface area (Å²) in [5, 5.41) is 10.8. The first-order valence-corrected chi connectivity index (χ1v) is 12.5. The van der Waals surface area contributed by atoms with Crippen LogP contribution >= 0.6 is 11.6 Å². The molecule has 7 heteroatoms. The second-order valence-corrected chi connectivity index (χ2v) is 9.28. The van der Waals surface area contributed by atoms with Crippen LogP contribution in [0.5, 0.6) is 0 Å². The van der Waals surface area contributed by atoms with Gasteiger partial charge in [0.25, 0.3) is 0 Å². The molecule has 1 aliphatic rings. The molecule has 0 aromatic heterocycles. The van der Waals surface area contributed by atoms with Crippen molar-refractivity contribution in [2.24, 2.45) is 0 Å². The number of aryl methyl sites for hydroxylation is 1. The molecule has 1 heterocycles. The molecule has 0 aliphatic carbocycles. The van der Waals surface area contributed by atoms with Crippen LogP contribution in [0.25, 0.3) is 0 Å². The van der Waals surface area contributed by atoms with Crippen molar-refractivity contribution in [1.82, 2.24) is 4.90 Å². The van der Waals surface area contributed by atoms with Gasteiger partial charge in [-0.1, -0.05) is 41.9 Å². The zero-order valence-electron chi connectivity index (χ0n) is 20.0. The van der Waals surface area contributed by atoms with E-state index in [0.29, 0.717) is 26.0 Å². The van der Waals surface area contributed by atoms with Crippen LogP contribution in [-0.2, 0) is 27.1 Å². The van der Waals surface area contributed by atoms with Gasteiger partial charge in [-0.2, -0.15) is 0 Å². The van der Waals surface area contributed by atoms with Crippen LogP contribution in [0.2, 0.25) is 5.02 Å². The molecule has 1 N–H and O–H groups in total. The Labute approximate surface area is 206 Å². The van der Waals surface area contributed by atoms with Crippen molar-refractivity contribution < 1.29 is 23.8 Å². The number of hydrogen-bond acceptors (Lipinski definition) is 5. The Morgan fingerprint density at radius 1 is 1.29 bits per heavy atom. The molecule has 5 nitrogen and oxygen atoms in total. The third-order valence-corrected chi connectivity index (χ3v) is 6.64. The minimum Gasteiger partial charge on any atom is -0.466 e. The molecule has 1 fully saturated rings. The van der Waals surface area contributed by atoms with Crippen molar-refractivity contribution in [3.05, 3.63) is 70.0 Å². The zero-order valence-corrected chi connectivity index (χ0v) is 20.8. The van der Waals surface area contributed by atoms with Crippen LogP contribution in [0.4, 0.5) is 4.39 Å². The molecule has 1 aliphatic heterocycles. The largest absolute Gasteiger partial charge is 0.466 e. The number of benzene rings is 2. The number of hydrogen-bond donors (Lipinski definition) is 1. The lowest BCUT2D eigenvalue weighted by Gasteiger charge is -2.27. The first kappa shape index (κ1) is 26.6. The van der Waals surface area contributed by atoms with Crippen molar-refractivity contribution in [1.29, 1.82) is 0 Å². The Kier molecular flexibility index (Phi) is 10.3. The fourth-order valence-corrected chi connectivity index (χ4v) is 4.72. The van der Waals surface area contributed by atoms with Crippen molar-refractivity contribution in [3.8, 4) is 0 Å². The van der Waals surface area contributed by atoms with Crippen LogP contribution in [0.3, 0.4) is 0 Å². The third kappa shape index (κ3) is 7.77. The van der Waals surface area contributed by atoms with Crippen LogP contribution in [-0.4, -0.2) is 54.4 Å². The number of nitrogens with zero attached hydrogens (tertiary/aromatic N) is 1. The summed E-state index contributed by atoms with van der Waals surface area (Å²) in [5.74, 6) is -0.600. The molecule has 3 rings (SSSR count). The van der Waals surface area contributed by atoms with E-state index in [4.69, 9.17) is 21.1 Å². The van der Waals surface area contributed by atoms with Gasteiger partial charge >= 0.3 is 5.97 Å². The molecule has 0 spiro atoms. The summed E-state index contributed by atoms with van der Waals surface area (Å²) in [6, 6.07) is 13.1. The third-order valence-electron chi connectivity index (χ3n) is 6.34. The summed E-state index contributed by atoms with van der Waals surface area (Å²) >= 11 is 5.80. The van der Waals surface area contributed by atoms with E-state index in [9.17, 15) is 14.3 Å². The summed E-state index contributed by atoms with van der Waals surface area (Å²) in [6.07, 6.45) is 2.88. The van der Waals surface area contributed by atoms with Gasteiger partial charge < -0.3 is 14.6 Å². The van der Waals surface area contributed by atoms with Crippen molar-refractivity contribution in [2.75, 3.05) is 26.3 Å². The fraction of sp³-hybridized carbons (Fsp3) is 0.519. The number of rotatable bonds is 12. The van der Waals surface area contributed by atoms with E-state index in [1.807, 2.05) is 37.3 Å². The van der Waals surface area contributed by atoms with Gasteiger partial charge in [0.15, 0.2) is 0 Å². The second kappa shape index (κ2) is 13.2. The minimum atomic E-state index is -0.628. The maximum absolute atomic E-state index is 13.8. The Hall–Kier alpha value is -1.99. The molecular weight excluding hydrogens is 457 g/mol. The number of β-amino-alcohol motifs (C(OH)–C–C–N with tert-alkyl or cyclic N) is 1. The number of halogens is 2. The monoisotopic (exact) mass is 491 g/mol. The van der Waals surface area contributed by atoms with Gasteiger partial charge in [-0.3, -0.25) is 9.69 Å². The number of aliphatic hydroxyl groups is 1.